The van der Waals surface area contributed by atoms with E-state index >= 15 is 0 Å². The summed E-state index contributed by atoms with van der Waals surface area (Å²) >= 11 is 0. The lowest BCUT2D eigenvalue weighted by Crippen LogP contribution is -2.25. The molecule has 0 saturated carbocycles. The van der Waals surface area contributed by atoms with E-state index in [9.17, 15) is 0 Å². The Bertz CT molecular complexity index is 1870. The Morgan fingerprint density at radius 2 is 1.51 bits per heavy atom. The predicted octanol–water partition coefficient (Wildman–Crippen LogP) is 16.0. The average molecular weight is 705 g/mol. The van der Waals surface area contributed by atoms with Gasteiger partial charge in [-0.05, 0) is 133 Å². The van der Waals surface area contributed by atoms with Gasteiger partial charge in [-0.1, -0.05) is 181 Å². The van der Waals surface area contributed by atoms with Crippen LogP contribution in [0.1, 0.15) is 146 Å². The summed E-state index contributed by atoms with van der Waals surface area (Å²) in [6.45, 7) is 27.3. The standard InChI is InChI=1S/C26H32.C20H28.C7H8/c1-6-15-26(16-7-2)24(18-20(4)22-11-9-8-10-12-22)21(5)23-14-13-19(3)17-25(23)26;1-6-11-17(14(4)7-2)20-15(5)18-12-9-10-13-19(18)16(20)8-3;1-7-5-3-2-4-6-7/h8-11,13-14,17-18H,5-7,12,15-16H2,1-4H3;9-14,16H,6-8H2,1-5H3;2-6H,1H3/b22-20-,24-18+;17-11-;. The Hall–Kier alpha value is -4.16. The maximum atomic E-state index is 4.54. The van der Waals surface area contributed by atoms with Crippen LogP contribution in [0.4, 0.5) is 0 Å². The van der Waals surface area contributed by atoms with Gasteiger partial charge in [0.05, 0.1) is 0 Å². The number of rotatable bonds is 10. The Morgan fingerprint density at radius 3 is 2.08 bits per heavy atom. The van der Waals surface area contributed by atoms with Crippen LogP contribution in [0.3, 0.4) is 0 Å². The predicted molar refractivity (Wildman–Crippen MR) is 236 cm³/mol. The normalized spacial score (nSPS) is 19.3. The van der Waals surface area contributed by atoms with E-state index in [-0.39, 0.29) is 5.41 Å². The quantitative estimate of drug-likeness (QED) is 0.197. The molecule has 0 nitrogen and oxygen atoms in total. The third-order valence-electron chi connectivity index (χ3n) is 11.7. The molecule has 0 bridgehead atoms. The number of hydrogen-bond acceptors (Lipinski definition) is 0. The van der Waals surface area contributed by atoms with Gasteiger partial charge in [0.1, 0.15) is 0 Å². The number of benzene rings is 3. The summed E-state index contributed by atoms with van der Waals surface area (Å²) in [5, 5.41) is 0. The highest BCUT2D eigenvalue weighted by molar-refractivity contribution is 5.89. The second-order valence-corrected chi connectivity index (χ2v) is 15.5. The number of hydrogen-bond donors (Lipinski definition) is 0. The minimum Gasteiger partial charge on any atom is -0.0908 e. The van der Waals surface area contributed by atoms with Gasteiger partial charge in [-0.15, -0.1) is 0 Å². The first-order valence-electron chi connectivity index (χ1n) is 20.7. The highest BCUT2D eigenvalue weighted by atomic mass is 14.5. The minimum atomic E-state index is 0.123. The Kier molecular flexibility index (Phi) is 15.5. The summed E-state index contributed by atoms with van der Waals surface area (Å²) < 4.78 is 0. The monoisotopic (exact) mass is 705 g/mol. The fourth-order valence-electron chi connectivity index (χ4n) is 8.85. The molecule has 0 amide bonds. The molecule has 0 radical (unpaired) electrons. The zero-order valence-corrected chi connectivity index (χ0v) is 34.9. The van der Waals surface area contributed by atoms with E-state index in [1.807, 2.05) is 18.2 Å². The van der Waals surface area contributed by atoms with Gasteiger partial charge < -0.3 is 0 Å². The topological polar surface area (TPSA) is 0 Å². The van der Waals surface area contributed by atoms with Crippen LogP contribution in [0.5, 0.6) is 0 Å². The molecular formula is C53H68. The molecule has 0 fully saturated rings. The minimum absolute atomic E-state index is 0.123. The summed E-state index contributed by atoms with van der Waals surface area (Å²) in [4.78, 5) is 0. The summed E-state index contributed by atoms with van der Waals surface area (Å²) in [5.41, 5.74) is 18.9. The van der Waals surface area contributed by atoms with Crippen molar-refractivity contribution in [3.63, 3.8) is 0 Å². The molecule has 3 aliphatic rings. The van der Waals surface area contributed by atoms with Gasteiger partial charge in [-0.3, -0.25) is 0 Å². The fourth-order valence-corrected chi connectivity index (χ4v) is 8.85. The largest absolute Gasteiger partial charge is 0.0908 e. The van der Waals surface area contributed by atoms with Crippen molar-refractivity contribution in [1.29, 1.82) is 0 Å². The van der Waals surface area contributed by atoms with E-state index in [1.54, 1.807) is 11.1 Å². The smallest absolute Gasteiger partial charge is 0.0215 e. The molecule has 0 N–H and O–H groups in total. The molecular weight excluding hydrogens is 637 g/mol. The highest BCUT2D eigenvalue weighted by Crippen LogP contribution is 2.55. The number of allylic oxidation sites excluding steroid dienone is 13. The average Bonchev–Trinajstić information content (AvgIpc) is 3.58. The molecule has 3 aromatic carbocycles. The molecule has 53 heavy (non-hydrogen) atoms. The second-order valence-electron chi connectivity index (χ2n) is 15.5. The summed E-state index contributed by atoms with van der Waals surface area (Å²) in [6, 6.07) is 26.2. The van der Waals surface area contributed by atoms with Crippen molar-refractivity contribution in [1.82, 2.24) is 0 Å². The summed E-state index contributed by atoms with van der Waals surface area (Å²) in [5.74, 6) is 1.25. The molecule has 2 atom stereocenters. The van der Waals surface area contributed by atoms with Crippen molar-refractivity contribution >= 4 is 11.1 Å². The van der Waals surface area contributed by atoms with Crippen LogP contribution < -0.4 is 0 Å². The first-order valence-corrected chi connectivity index (χ1v) is 20.7. The van der Waals surface area contributed by atoms with Crippen LogP contribution in [-0.2, 0) is 5.41 Å². The van der Waals surface area contributed by atoms with E-state index in [1.165, 1.54) is 99.8 Å². The fraction of sp³-hybridized carbons (Fsp3) is 0.396. The zero-order valence-electron chi connectivity index (χ0n) is 34.9. The van der Waals surface area contributed by atoms with Crippen molar-refractivity contribution in [2.24, 2.45) is 5.92 Å². The summed E-state index contributed by atoms with van der Waals surface area (Å²) in [7, 11) is 0. The Balaban J connectivity index is 0.000000204. The lowest BCUT2D eigenvalue weighted by molar-refractivity contribution is 0.435. The molecule has 2 unspecified atom stereocenters. The van der Waals surface area contributed by atoms with Gasteiger partial charge in [0, 0.05) is 11.3 Å². The molecule has 0 heteroatoms. The van der Waals surface area contributed by atoms with Crippen molar-refractivity contribution < 1.29 is 0 Å². The molecule has 0 aromatic heterocycles. The first-order chi connectivity index (χ1) is 25.6. The van der Waals surface area contributed by atoms with Crippen molar-refractivity contribution in [3.05, 3.63) is 177 Å². The van der Waals surface area contributed by atoms with Gasteiger partial charge in [-0.2, -0.15) is 0 Å². The van der Waals surface area contributed by atoms with Crippen molar-refractivity contribution in [2.75, 3.05) is 0 Å². The lowest BCUT2D eigenvalue weighted by atomic mass is 9.70. The maximum absolute atomic E-state index is 4.54. The van der Waals surface area contributed by atoms with Crippen LogP contribution in [0, 0.1) is 19.8 Å². The first kappa shape index (κ1) is 41.6. The lowest BCUT2D eigenvalue weighted by Gasteiger charge is -2.33. The molecule has 0 saturated heterocycles. The second kappa shape index (κ2) is 19.8. The van der Waals surface area contributed by atoms with Crippen LogP contribution in [0.15, 0.2) is 144 Å². The summed E-state index contributed by atoms with van der Waals surface area (Å²) in [6.07, 6.45) is 23.0. The highest BCUT2D eigenvalue weighted by Gasteiger charge is 2.43. The van der Waals surface area contributed by atoms with Crippen LogP contribution in [-0.4, -0.2) is 0 Å². The zero-order chi connectivity index (χ0) is 38.5. The molecule has 6 rings (SSSR count). The molecule has 3 aromatic rings. The van der Waals surface area contributed by atoms with Crippen LogP contribution in [0.2, 0.25) is 0 Å². The van der Waals surface area contributed by atoms with E-state index in [2.05, 4.69) is 167 Å². The SMILES string of the molecule is C=C1/C(=C\C(C)=C2\C=CC=CC2)C(CCC)(CCC)c2cc(C)ccc21.CC/C=C(\C1=C(C)c2ccccc2C1CC)C(C)CC.Cc1ccccc1. The van der Waals surface area contributed by atoms with Crippen molar-refractivity contribution in [2.45, 2.75) is 132 Å². The number of fused-ring (bicyclic) bond motifs is 2. The van der Waals surface area contributed by atoms with Crippen LogP contribution in [0.25, 0.3) is 11.1 Å². The third-order valence-corrected chi connectivity index (χ3v) is 11.7. The third kappa shape index (κ3) is 9.51. The van der Waals surface area contributed by atoms with E-state index in [0.29, 0.717) is 11.8 Å². The Morgan fingerprint density at radius 1 is 0.830 bits per heavy atom. The maximum Gasteiger partial charge on any atom is 0.0215 e. The Labute approximate surface area is 324 Å². The molecule has 0 spiro atoms. The van der Waals surface area contributed by atoms with E-state index in [0.717, 1.165) is 12.8 Å². The molecule has 0 heterocycles. The molecule has 0 aliphatic heterocycles. The van der Waals surface area contributed by atoms with Gasteiger partial charge >= 0.3 is 0 Å². The van der Waals surface area contributed by atoms with E-state index < -0.39 is 0 Å². The molecule has 3 aliphatic carbocycles. The number of aryl methyl sites for hydroxylation is 2. The van der Waals surface area contributed by atoms with Gasteiger partial charge in [0.2, 0.25) is 0 Å². The van der Waals surface area contributed by atoms with E-state index in [4.69, 9.17) is 0 Å². The molecule has 280 valence electrons. The van der Waals surface area contributed by atoms with Crippen molar-refractivity contribution in [3.8, 4) is 0 Å². The van der Waals surface area contributed by atoms with Crippen LogP contribution >= 0.6 is 0 Å². The van der Waals surface area contributed by atoms with Gasteiger partial charge in [0.25, 0.3) is 0 Å². The van der Waals surface area contributed by atoms with Gasteiger partial charge in [-0.25, -0.2) is 0 Å². The van der Waals surface area contributed by atoms with Gasteiger partial charge in [0.15, 0.2) is 0 Å².